The SMILES string of the molecule is CNC(=O)[C@H](C)N(Cc1ccc(Cl)cc1)C(=O)CCCN(c1cc(C)ccc1C)S(C)(=O)=O. The molecule has 9 heteroatoms. The Balaban J connectivity index is 2.17. The Morgan fingerprint density at radius 1 is 1.09 bits per heavy atom. The molecular formula is C24H32ClN3O4S. The Morgan fingerprint density at radius 2 is 1.73 bits per heavy atom. The summed E-state index contributed by atoms with van der Waals surface area (Å²) in [7, 11) is -2.00. The lowest BCUT2D eigenvalue weighted by Crippen LogP contribution is -2.46. The van der Waals surface area contributed by atoms with E-state index in [1.165, 1.54) is 16.3 Å². The maximum atomic E-state index is 13.1. The van der Waals surface area contributed by atoms with E-state index in [1.807, 2.05) is 44.2 Å². The lowest BCUT2D eigenvalue weighted by atomic mass is 10.1. The van der Waals surface area contributed by atoms with Gasteiger partial charge in [-0.1, -0.05) is 35.9 Å². The summed E-state index contributed by atoms with van der Waals surface area (Å²) in [5, 5.41) is 3.17. The van der Waals surface area contributed by atoms with Crippen LogP contribution in [0.5, 0.6) is 0 Å². The highest BCUT2D eigenvalue weighted by atomic mass is 35.5. The van der Waals surface area contributed by atoms with Gasteiger partial charge >= 0.3 is 0 Å². The number of amides is 2. The molecule has 2 amide bonds. The van der Waals surface area contributed by atoms with E-state index in [2.05, 4.69) is 5.32 Å². The van der Waals surface area contributed by atoms with Gasteiger partial charge in [-0.2, -0.15) is 0 Å². The van der Waals surface area contributed by atoms with Gasteiger partial charge in [-0.05, 0) is 62.1 Å². The van der Waals surface area contributed by atoms with Crippen LogP contribution >= 0.6 is 11.6 Å². The van der Waals surface area contributed by atoms with Crippen LogP contribution in [0, 0.1) is 13.8 Å². The molecule has 0 heterocycles. The highest BCUT2D eigenvalue weighted by molar-refractivity contribution is 7.92. The number of nitrogens with zero attached hydrogens (tertiary/aromatic N) is 2. The molecule has 1 atom stereocenters. The summed E-state index contributed by atoms with van der Waals surface area (Å²) < 4.78 is 26.3. The lowest BCUT2D eigenvalue weighted by molar-refractivity contribution is -0.140. The van der Waals surface area contributed by atoms with E-state index >= 15 is 0 Å². The van der Waals surface area contributed by atoms with Crippen molar-refractivity contribution in [1.82, 2.24) is 10.2 Å². The molecule has 0 unspecified atom stereocenters. The third-order valence-electron chi connectivity index (χ3n) is 5.47. The zero-order valence-electron chi connectivity index (χ0n) is 19.8. The monoisotopic (exact) mass is 493 g/mol. The third kappa shape index (κ3) is 7.47. The molecule has 0 bridgehead atoms. The molecule has 0 saturated carbocycles. The van der Waals surface area contributed by atoms with Crippen molar-refractivity contribution in [2.24, 2.45) is 0 Å². The van der Waals surface area contributed by atoms with Gasteiger partial charge in [0.15, 0.2) is 0 Å². The van der Waals surface area contributed by atoms with E-state index in [-0.39, 0.29) is 31.3 Å². The average molecular weight is 494 g/mol. The molecule has 33 heavy (non-hydrogen) atoms. The Labute approximate surface area is 201 Å². The number of halogens is 1. The molecule has 0 aliphatic heterocycles. The first-order chi connectivity index (χ1) is 15.4. The van der Waals surface area contributed by atoms with E-state index in [9.17, 15) is 18.0 Å². The van der Waals surface area contributed by atoms with Gasteiger partial charge in [-0.3, -0.25) is 13.9 Å². The number of carbonyl (C=O) groups is 2. The van der Waals surface area contributed by atoms with Crippen molar-refractivity contribution in [3.05, 3.63) is 64.2 Å². The van der Waals surface area contributed by atoms with E-state index < -0.39 is 16.1 Å². The second-order valence-corrected chi connectivity index (χ2v) is 10.5. The van der Waals surface area contributed by atoms with Gasteiger partial charge in [-0.15, -0.1) is 0 Å². The molecule has 0 radical (unpaired) electrons. The summed E-state index contributed by atoms with van der Waals surface area (Å²) in [6.45, 7) is 5.85. The van der Waals surface area contributed by atoms with Crippen molar-refractivity contribution in [2.45, 2.75) is 46.2 Å². The normalized spacial score (nSPS) is 12.2. The largest absolute Gasteiger partial charge is 0.357 e. The number of aryl methyl sites for hydroxylation is 2. The van der Waals surface area contributed by atoms with Gasteiger partial charge < -0.3 is 10.2 Å². The average Bonchev–Trinajstić information content (AvgIpc) is 2.76. The smallest absolute Gasteiger partial charge is 0.242 e. The molecule has 0 saturated heterocycles. The van der Waals surface area contributed by atoms with Gasteiger partial charge in [0, 0.05) is 31.6 Å². The number of hydrogen-bond donors (Lipinski definition) is 1. The standard InChI is InChI=1S/C24H32ClN3O4S/c1-17-8-9-18(2)22(15-17)28(33(5,31)32)14-6-7-23(29)27(19(3)24(30)26-4)16-20-10-12-21(25)13-11-20/h8-13,15,19H,6-7,14,16H2,1-5H3,(H,26,30)/t19-/m0/s1. The van der Waals surface area contributed by atoms with Crippen LogP contribution in [0.25, 0.3) is 0 Å². The summed E-state index contributed by atoms with van der Waals surface area (Å²) in [6, 6.07) is 12.1. The van der Waals surface area contributed by atoms with E-state index in [0.717, 1.165) is 22.9 Å². The Morgan fingerprint density at radius 3 is 2.30 bits per heavy atom. The fraction of sp³-hybridized carbons (Fsp3) is 0.417. The fourth-order valence-electron chi connectivity index (χ4n) is 3.55. The van der Waals surface area contributed by atoms with Gasteiger partial charge in [-0.25, -0.2) is 8.42 Å². The van der Waals surface area contributed by atoms with Crippen molar-refractivity contribution in [3.63, 3.8) is 0 Å². The molecule has 0 aliphatic rings. The number of nitrogens with one attached hydrogen (secondary N) is 1. The van der Waals surface area contributed by atoms with Crippen molar-refractivity contribution in [3.8, 4) is 0 Å². The molecular weight excluding hydrogens is 462 g/mol. The summed E-state index contributed by atoms with van der Waals surface area (Å²) >= 11 is 5.95. The summed E-state index contributed by atoms with van der Waals surface area (Å²) in [4.78, 5) is 26.9. The van der Waals surface area contributed by atoms with Crippen LogP contribution in [-0.4, -0.2) is 51.0 Å². The molecule has 0 fully saturated rings. The first-order valence-corrected chi connectivity index (χ1v) is 13.0. The molecule has 180 valence electrons. The first kappa shape index (κ1) is 26.7. The molecule has 1 N–H and O–H groups in total. The minimum atomic E-state index is -3.53. The number of hydrogen-bond acceptors (Lipinski definition) is 4. The molecule has 2 rings (SSSR count). The third-order valence-corrected chi connectivity index (χ3v) is 6.90. The number of likely N-dealkylation sites (N-methyl/N-ethyl adjacent to an activating group) is 1. The van der Waals surface area contributed by atoms with Gasteiger partial charge in [0.2, 0.25) is 21.8 Å². The van der Waals surface area contributed by atoms with Gasteiger partial charge in [0.25, 0.3) is 0 Å². The van der Waals surface area contributed by atoms with E-state index in [4.69, 9.17) is 11.6 Å². The van der Waals surface area contributed by atoms with Gasteiger partial charge in [0.05, 0.1) is 11.9 Å². The summed E-state index contributed by atoms with van der Waals surface area (Å²) in [5.41, 5.74) is 3.25. The van der Waals surface area contributed by atoms with Crippen LogP contribution in [0.1, 0.15) is 36.5 Å². The molecule has 2 aromatic carbocycles. The van der Waals surface area contributed by atoms with Crippen molar-refractivity contribution in [2.75, 3.05) is 24.2 Å². The first-order valence-electron chi connectivity index (χ1n) is 10.7. The van der Waals surface area contributed by atoms with Crippen LogP contribution < -0.4 is 9.62 Å². The topological polar surface area (TPSA) is 86.8 Å². The molecule has 2 aromatic rings. The van der Waals surface area contributed by atoms with Crippen molar-refractivity contribution >= 4 is 39.1 Å². The molecule has 0 aliphatic carbocycles. The van der Waals surface area contributed by atoms with Crippen molar-refractivity contribution in [1.29, 1.82) is 0 Å². The fourth-order valence-corrected chi connectivity index (χ4v) is 4.69. The van der Waals surface area contributed by atoms with Crippen LogP contribution in [0.4, 0.5) is 5.69 Å². The predicted molar refractivity (Wildman–Crippen MR) is 133 cm³/mol. The highest BCUT2D eigenvalue weighted by Gasteiger charge is 2.26. The number of benzene rings is 2. The molecule has 0 aromatic heterocycles. The minimum Gasteiger partial charge on any atom is -0.357 e. The maximum Gasteiger partial charge on any atom is 0.242 e. The highest BCUT2D eigenvalue weighted by Crippen LogP contribution is 2.24. The second kappa shape index (κ2) is 11.5. The molecule has 0 spiro atoms. The zero-order chi connectivity index (χ0) is 24.8. The summed E-state index contributed by atoms with van der Waals surface area (Å²) in [6.07, 6.45) is 1.58. The van der Waals surface area contributed by atoms with Crippen LogP contribution in [0.2, 0.25) is 5.02 Å². The zero-order valence-corrected chi connectivity index (χ0v) is 21.3. The Kier molecular flexibility index (Phi) is 9.31. The number of anilines is 1. The van der Waals surface area contributed by atoms with E-state index in [1.54, 1.807) is 19.1 Å². The number of sulfonamides is 1. The number of rotatable bonds is 10. The van der Waals surface area contributed by atoms with Crippen LogP contribution in [0.3, 0.4) is 0 Å². The van der Waals surface area contributed by atoms with E-state index in [0.29, 0.717) is 17.1 Å². The second-order valence-electron chi connectivity index (χ2n) is 8.17. The Bertz CT molecular complexity index is 1090. The maximum absolute atomic E-state index is 13.1. The molecule has 7 nitrogen and oxygen atoms in total. The lowest BCUT2D eigenvalue weighted by Gasteiger charge is -2.29. The minimum absolute atomic E-state index is 0.103. The van der Waals surface area contributed by atoms with Crippen LogP contribution in [0.15, 0.2) is 42.5 Å². The summed E-state index contributed by atoms with van der Waals surface area (Å²) in [5.74, 6) is -0.499. The van der Waals surface area contributed by atoms with Crippen LogP contribution in [-0.2, 0) is 26.2 Å². The van der Waals surface area contributed by atoms with Crippen molar-refractivity contribution < 1.29 is 18.0 Å². The quantitative estimate of drug-likeness (QED) is 0.547. The Hall–Kier alpha value is -2.58. The number of carbonyl (C=O) groups excluding carboxylic acids is 2. The predicted octanol–water partition coefficient (Wildman–Crippen LogP) is 3.67. The van der Waals surface area contributed by atoms with Gasteiger partial charge in [0.1, 0.15) is 6.04 Å².